The number of nitrogens with zero attached hydrogens (tertiary/aromatic N) is 2. The number of ether oxygens (including phenoxy) is 1. The minimum absolute atomic E-state index is 0.0102. The summed E-state index contributed by atoms with van der Waals surface area (Å²) in [6.07, 6.45) is 0.925. The zero-order valence-electron chi connectivity index (χ0n) is 15.4. The van der Waals surface area contributed by atoms with E-state index in [-0.39, 0.29) is 36.6 Å². The van der Waals surface area contributed by atoms with Crippen molar-refractivity contribution in [2.24, 2.45) is 0 Å². The number of carbonyl (C=O) groups excluding carboxylic acids is 2. The highest BCUT2D eigenvalue weighted by Crippen LogP contribution is 2.37. The summed E-state index contributed by atoms with van der Waals surface area (Å²) in [5, 5.41) is 7.03. The molecule has 2 fully saturated rings. The van der Waals surface area contributed by atoms with Crippen molar-refractivity contribution >= 4 is 29.1 Å². The molecule has 27 heavy (non-hydrogen) atoms. The molecule has 2 N–H and O–H groups in total. The second kappa shape index (κ2) is 7.75. The first-order valence-corrected chi connectivity index (χ1v) is 9.87. The first-order valence-electron chi connectivity index (χ1n) is 9.49. The molecule has 8 heteroatoms. The Balaban J connectivity index is 1.45. The van der Waals surface area contributed by atoms with Gasteiger partial charge in [0.15, 0.2) is 0 Å². The van der Waals surface area contributed by atoms with Crippen molar-refractivity contribution in [3.05, 3.63) is 28.8 Å². The Morgan fingerprint density at radius 1 is 1.30 bits per heavy atom. The maximum atomic E-state index is 13.0. The van der Waals surface area contributed by atoms with Crippen LogP contribution in [0.4, 0.5) is 5.69 Å². The molecule has 146 valence electrons. The van der Waals surface area contributed by atoms with E-state index in [1.54, 1.807) is 0 Å². The van der Waals surface area contributed by atoms with Crippen LogP contribution < -0.4 is 15.5 Å². The molecule has 7 nitrogen and oxygen atoms in total. The Labute approximate surface area is 164 Å². The monoisotopic (exact) mass is 392 g/mol. The Morgan fingerprint density at radius 3 is 2.85 bits per heavy atom. The average molecular weight is 393 g/mol. The fourth-order valence-electron chi connectivity index (χ4n) is 4.25. The van der Waals surface area contributed by atoms with E-state index in [9.17, 15) is 9.59 Å². The van der Waals surface area contributed by atoms with Crippen molar-refractivity contribution in [1.29, 1.82) is 0 Å². The lowest BCUT2D eigenvalue weighted by molar-refractivity contribution is -0.128. The van der Waals surface area contributed by atoms with Crippen LogP contribution in [-0.2, 0) is 20.7 Å². The van der Waals surface area contributed by atoms with Crippen molar-refractivity contribution in [3.8, 4) is 0 Å². The molecule has 0 saturated carbocycles. The molecule has 2 saturated heterocycles. The lowest BCUT2D eigenvalue weighted by Crippen LogP contribution is -2.64. The summed E-state index contributed by atoms with van der Waals surface area (Å²) in [6, 6.07) is 5.72. The standard InChI is InChI=1S/C19H25ClN4O3/c1-12-9-13-14(20)3-2-4-15(13)24(12)19(26)10-16-21-17(11-18(25)22-16)23-5-7-27-8-6-23/h2-4,12,16-17,21H,5-11H2,1H3,(H,22,25). The molecule has 1 aromatic rings. The lowest BCUT2D eigenvalue weighted by Gasteiger charge is -2.40. The van der Waals surface area contributed by atoms with Crippen molar-refractivity contribution in [3.63, 3.8) is 0 Å². The van der Waals surface area contributed by atoms with Crippen molar-refractivity contribution in [1.82, 2.24) is 15.5 Å². The number of nitrogens with one attached hydrogen (secondary N) is 2. The highest BCUT2D eigenvalue weighted by molar-refractivity contribution is 6.32. The molecule has 3 heterocycles. The second-order valence-corrected chi connectivity index (χ2v) is 7.82. The zero-order chi connectivity index (χ0) is 19.0. The van der Waals surface area contributed by atoms with Crippen LogP contribution in [0.25, 0.3) is 0 Å². The Hall–Kier alpha value is -1.67. The van der Waals surface area contributed by atoms with Gasteiger partial charge in [0.05, 0.1) is 38.4 Å². The molecule has 0 spiro atoms. The smallest absolute Gasteiger partial charge is 0.230 e. The number of amides is 2. The summed E-state index contributed by atoms with van der Waals surface area (Å²) in [5.41, 5.74) is 1.90. The van der Waals surface area contributed by atoms with E-state index in [2.05, 4.69) is 15.5 Å². The summed E-state index contributed by atoms with van der Waals surface area (Å²) in [7, 11) is 0. The minimum Gasteiger partial charge on any atom is -0.379 e. The summed E-state index contributed by atoms with van der Waals surface area (Å²) in [6.45, 7) is 4.96. The average Bonchev–Trinajstić information content (AvgIpc) is 2.99. The summed E-state index contributed by atoms with van der Waals surface area (Å²) in [4.78, 5) is 29.3. The molecular weight excluding hydrogens is 368 g/mol. The van der Waals surface area contributed by atoms with Crippen LogP contribution in [0, 0.1) is 0 Å². The van der Waals surface area contributed by atoms with Crippen molar-refractivity contribution in [2.75, 3.05) is 31.2 Å². The first-order chi connectivity index (χ1) is 13.0. The molecule has 1 aromatic carbocycles. The second-order valence-electron chi connectivity index (χ2n) is 7.41. The molecule has 3 unspecified atom stereocenters. The number of fused-ring (bicyclic) bond motifs is 1. The van der Waals surface area contributed by atoms with E-state index in [0.29, 0.717) is 24.7 Å². The van der Waals surface area contributed by atoms with Crippen LogP contribution in [0.5, 0.6) is 0 Å². The summed E-state index contributed by atoms with van der Waals surface area (Å²) >= 11 is 6.30. The van der Waals surface area contributed by atoms with Crippen LogP contribution in [0.2, 0.25) is 5.02 Å². The zero-order valence-corrected chi connectivity index (χ0v) is 16.2. The summed E-state index contributed by atoms with van der Waals surface area (Å²) in [5.74, 6) is -0.0371. The highest BCUT2D eigenvalue weighted by atomic mass is 35.5. The van der Waals surface area contributed by atoms with Gasteiger partial charge < -0.3 is 15.0 Å². The van der Waals surface area contributed by atoms with Crippen molar-refractivity contribution < 1.29 is 14.3 Å². The van der Waals surface area contributed by atoms with E-state index in [1.807, 2.05) is 30.0 Å². The van der Waals surface area contributed by atoms with Crippen LogP contribution in [0.1, 0.15) is 25.3 Å². The van der Waals surface area contributed by atoms with E-state index in [1.165, 1.54) is 0 Å². The van der Waals surface area contributed by atoms with Gasteiger partial charge in [-0.2, -0.15) is 0 Å². The predicted molar refractivity (Wildman–Crippen MR) is 103 cm³/mol. The van der Waals surface area contributed by atoms with E-state index < -0.39 is 0 Å². The third-order valence-electron chi connectivity index (χ3n) is 5.54. The van der Waals surface area contributed by atoms with Gasteiger partial charge >= 0.3 is 0 Å². The summed E-state index contributed by atoms with van der Waals surface area (Å²) < 4.78 is 5.39. The Morgan fingerprint density at radius 2 is 2.07 bits per heavy atom. The molecule has 0 aliphatic carbocycles. The third-order valence-corrected chi connectivity index (χ3v) is 5.89. The Kier molecular flexibility index (Phi) is 5.36. The number of halogens is 1. The number of hydrogen-bond acceptors (Lipinski definition) is 5. The number of carbonyl (C=O) groups is 2. The third kappa shape index (κ3) is 3.82. The van der Waals surface area contributed by atoms with Crippen LogP contribution in [-0.4, -0.2) is 61.4 Å². The molecule has 0 radical (unpaired) electrons. The van der Waals surface area contributed by atoms with E-state index >= 15 is 0 Å². The Bertz CT molecular complexity index is 738. The normalized spacial score (nSPS) is 28.7. The maximum absolute atomic E-state index is 13.0. The van der Waals surface area contributed by atoms with Crippen LogP contribution in [0.3, 0.4) is 0 Å². The topological polar surface area (TPSA) is 73.9 Å². The number of benzene rings is 1. The molecule has 4 rings (SSSR count). The molecule has 3 aliphatic heterocycles. The van der Waals surface area contributed by atoms with Gasteiger partial charge in [-0.25, -0.2) is 0 Å². The van der Waals surface area contributed by atoms with Crippen LogP contribution >= 0.6 is 11.6 Å². The van der Waals surface area contributed by atoms with Gasteiger partial charge in [0, 0.05) is 29.8 Å². The van der Waals surface area contributed by atoms with Gasteiger partial charge in [-0.1, -0.05) is 17.7 Å². The van der Waals surface area contributed by atoms with Crippen molar-refractivity contribution in [2.45, 2.75) is 44.6 Å². The molecule has 3 atom stereocenters. The largest absolute Gasteiger partial charge is 0.379 e. The number of anilines is 1. The fourth-order valence-corrected chi connectivity index (χ4v) is 4.49. The minimum atomic E-state index is -0.373. The van der Waals surface area contributed by atoms with Crippen LogP contribution in [0.15, 0.2) is 18.2 Å². The molecule has 3 aliphatic rings. The highest BCUT2D eigenvalue weighted by Gasteiger charge is 2.36. The number of morpholine rings is 1. The maximum Gasteiger partial charge on any atom is 0.230 e. The molecule has 0 bridgehead atoms. The number of rotatable bonds is 3. The first kappa shape index (κ1) is 18.7. The molecule has 0 aromatic heterocycles. The van der Waals surface area contributed by atoms with Gasteiger partial charge in [-0.3, -0.25) is 19.8 Å². The quantitative estimate of drug-likeness (QED) is 0.805. The van der Waals surface area contributed by atoms with Gasteiger partial charge in [-0.15, -0.1) is 0 Å². The van der Waals surface area contributed by atoms with E-state index in [0.717, 1.165) is 30.8 Å². The molecule has 2 amide bonds. The predicted octanol–water partition coefficient (Wildman–Crippen LogP) is 1.10. The van der Waals surface area contributed by atoms with Gasteiger partial charge in [0.1, 0.15) is 0 Å². The van der Waals surface area contributed by atoms with E-state index in [4.69, 9.17) is 16.3 Å². The van der Waals surface area contributed by atoms with Gasteiger partial charge in [-0.05, 0) is 31.0 Å². The SMILES string of the molecule is CC1Cc2c(Cl)cccc2N1C(=O)CC1NC(=O)CC(N2CCOCC2)N1. The fraction of sp³-hybridized carbons (Fsp3) is 0.579. The van der Waals surface area contributed by atoms with Gasteiger partial charge in [0.25, 0.3) is 0 Å². The molecular formula is C19H25ClN4O3. The number of hydrogen-bond donors (Lipinski definition) is 2. The van der Waals surface area contributed by atoms with Gasteiger partial charge in [0.2, 0.25) is 11.8 Å². The lowest BCUT2D eigenvalue weighted by atomic mass is 10.1.